The van der Waals surface area contributed by atoms with Gasteiger partial charge in [-0.25, -0.2) is 9.37 Å². The van der Waals surface area contributed by atoms with Gasteiger partial charge in [-0.15, -0.1) is 11.6 Å². The summed E-state index contributed by atoms with van der Waals surface area (Å²) in [6.07, 6.45) is 2.90. The van der Waals surface area contributed by atoms with Gasteiger partial charge in [0.15, 0.2) is 0 Å². The molecule has 1 saturated carbocycles. The molecule has 0 amide bonds. The summed E-state index contributed by atoms with van der Waals surface area (Å²) in [4.78, 5) is 17.0. The fraction of sp³-hybridized carbons (Fsp3) is 0.467. The van der Waals surface area contributed by atoms with E-state index >= 15 is 0 Å². The molecule has 0 spiro atoms. The summed E-state index contributed by atoms with van der Waals surface area (Å²) in [5.74, 6) is 0.543. The minimum absolute atomic E-state index is 0.0665. The van der Waals surface area contributed by atoms with E-state index in [9.17, 15) is 9.18 Å². The maximum atomic E-state index is 13.9. The van der Waals surface area contributed by atoms with Crippen LogP contribution in [-0.2, 0) is 6.54 Å². The number of hydrogen-bond donors (Lipinski definition) is 0. The average Bonchev–Trinajstić information content (AvgIpc) is 3.24. The highest BCUT2D eigenvalue weighted by Gasteiger charge is 2.26. The van der Waals surface area contributed by atoms with E-state index in [0.29, 0.717) is 30.2 Å². The minimum Gasteiger partial charge on any atom is -0.295 e. The zero-order valence-electron chi connectivity index (χ0n) is 11.3. The molecule has 1 aliphatic rings. The number of alkyl halides is 1. The summed E-state index contributed by atoms with van der Waals surface area (Å²) >= 11 is 6.30. The lowest BCUT2D eigenvalue weighted by Gasteiger charge is -2.16. The average molecular weight is 295 g/mol. The molecule has 106 valence electrons. The van der Waals surface area contributed by atoms with Gasteiger partial charge in [0.05, 0.1) is 10.9 Å². The van der Waals surface area contributed by atoms with Crippen LogP contribution < -0.4 is 5.56 Å². The molecule has 0 radical (unpaired) electrons. The van der Waals surface area contributed by atoms with Gasteiger partial charge in [-0.3, -0.25) is 9.36 Å². The lowest BCUT2D eigenvalue weighted by Crippen LogP contribution is -2.27. The number of halogens is 2. The van der Waals surface area contributed by atoms with Crippen LogP contribution in [0.5, 0.6) is 0 Å². The van der Waals surface area contributed by atoms with E-state index in [-0.39, 0.29) is 16.3 Å². The predicted molar refractivity (Wildman–Crippen MR) is 77.6 cm³/mol. The van der Waals surface area contributed by atoms with E-state index in [1.807, 2.05) is 6.92 Å². The van der Waals surface area contributed by atoms with E-state index < -0.39 is 5.82 Å². The molecule has 1 heterocycles. The van der Waals surface area contributed by atoms with E-state index in [2.05, 4.69) is 4.98 Å². The zero-order chi connectivity index (χ0) is 14.3. The summed E-state index contributed by atoms with van der Waals surface area (Å²) in [5.41, 5.74) is 0.0743. The molecule has 0 unspecified atom stereocenters. The Balaban J connectivity index is 2.27. The molecule has 1 atom stereocenters. The van der Waals surface area contributed by atoms with Gasteiger partial charge in [0.25, 0.3) is 5.56 Å². The van der Waals surface area contributed by atoms with Gasteiger partial charge < -0.3 is 0 Å². The molecule has 20 heavy (non-hydrogen) atoms. The molecule has 0 aliphatic heterocycles. The second-order valence-corrected chi connectivity index (χ2v) is 5.87. The lowest BCUT2D eigenvalue weighted by atomic mass is 10.2. The Morgan fingerprint density at radius 3 is 2.90 bits per heavy atom. The first-order valence-electron chi connectivity index (χ1n) is 6.94. The summed E-state index contributed by atoms with van der Waals surface area (Å²) in [6.45, 7) is 2.54. The largest absolute Gasteiger partial charge is 0.295 e. The van der Waals surface area contributed by atoms with Crippen LogP contribution in [0.25, 0.3) is 10.9 Å². The Labute approximate surface area is 121 Å². The number of fused-ring (bicyclic) bond motifs is 1. The Hall–Kier alpha value is -1.42. The van der Waals surface area contributed by atoms with E-state index in [1.54, 1.807) is 16.7 Å². The maximum absolute atomic E-state index is 13.9. The van der Waals surface area contributed by atoms with Crippen LogP contribution in [0.15, 0.2) is 23.0 Å². The van der Waals surface area contributed by atoms with Crippen molar-refractivity contribution in [1.29, 1.82) is 0 Å². The molecule has 5 heteroatoms. The van der Waals surface area contributed by atoms with Crippen molar-refractivity contribution in [3.8, 4) is 0 Å². The molecular weight excluding hydrogens is 279 g/mol. The van der Waals surface area contributed by atoms with Crippen molar-refractivity contribution in [1.82, 2.24) is 9.55 Å². The number of nitrogens with zero attached hydrogens (tertiary/aromatic N) is 2. The van der Waals surface area contributed by atoms with Crippen LogP contribution in [0.3, 0.4) is 0 Å². The maximum Gasteiger partial charge on any atom is 0.264 e. The first-order chi connectivity index (χ1) is 9.61. The van der Waals surface area contributed by atoms with Crippen LogP contribution in [0.2, 0.25) is 0 Å². The van der Waals surface area contributed by atoms with Crippen molar-refractivity contribution in [3.05, 3.63) is 40.2 Å². The Kier molecular flexibility index (Phi) is 3.50. The number of rotatable bonds is 4. The topological polar surface area (TPSA) is 34.9 Å². The molecule has 0 bridgehead atoms. The first-order valence-corrected chi connectivity index (χ1v) is 7.38. The lowest BCUT2D eigenvalue weighted by molar-refractivity contribution is 0.555. The fourth-order valence-electron chi connectivity index (χ4n) is 2.40. The van der Waals surface area contributed by atoms with Crippen molar-refractivity contribution in [2.45, 2.75) is 38.1 Å². The zero-order valence-corrected chi connectivity index (χ0v) is 12.0. The van der Waals surface area contributed by atoms with Gasteiger partial charge in [-0.2, -0.15) is 0 Å². The Bertz CT molecular complexity index is 709. The monoisotopic (exact) mass is 294 g/mol. The molecule has 0 saturated heterocycles. The quantitative estimate of drug-likeness (QED) is 0.807. The summed E-state index contributed by atoms with van der Waals surface area (Å²) in [5, 5.41) is -0.258. The molecule has 1 fully saturated rings. The van der Waals surface area contributed by atoms with E-state index in [4.69, 9.17) is 11.6 Å². The van der Waals surface area contributed by atoms with Gasteiger partial charge in [0.2, 0.25) is 0 Å². The fourth-order valence-corrected chi connectivity index (χ4v) is 2.56. The number of aromatic nitrogens is 2. The molecule has 2 aromatic rings. The molecule has 3 nitrogen and oxygen atoms in total. The highest BCUT2D eigenvalue weighted by molar-refractivity contribution is 6.20. The van der Waals surface area contributed by atoms with E-state index in [0.717, 1.165) is 12.8 Å². The van der Waals surface area contributed by atoms with Crippen LogP contribution in [0.4, 0.5) is 4.39 Å². The molecule has 3 rings (SSSR count). The standard InChI is InChI=1S/C15H16ClFN2O/c1-2-10(16)14-18-12-5-3-4-11(17)13(12)15(20)19(14)8-9-6-7-9/h3-5,9-10H,2,6-8H2,1H3/t10-/m1/s1. The third kappa shape index (κ3) is 2.33. The highest BCUT2D eigenvalue weighted by atomic mass is 35.5. The van der Waals surface area contributed by atoms with Crippen LogP contribution in [0, 0.1) is 11.7 Å². The van der Waals surface area contributed by atoms with Crippen LogP contribution in [-0.4, -0.2) is 9.55 Å². The number of benzene rings is 1. The third-order valence-corrected chi connectivity index (χ3v) is 4.24. The summed E-state index contributed by atoms with van der Waals surface area (Å²) in [7, 11) is 0. The Morgan fingerprint density at radius 1 is 1.50 bits per heavy atom. The first kappa shape index (κ1) is 13.6. The Morgan fingerprint density at radius 2 is 2.25 bits per heavy atom. The molecule has 1 aromatic carbocycles. The highest BCUT2D eigenvalue weighted by Crippen LogP contribution is 2.32. The predicted octanol–water partition coefficient (Wildman–Crippen LogP) is 3.64. The molecule has 0 N–H and O–H groups in total. The van der Waals surface area contributed by atoms with Crippen LogP contribution in [0.1, 0.15) is 37.4 Å². The van der Waals surface area contributed by atoms with Crippen molar-refractivity contribution < 1.29 is 4.39 Å². The number of hydrogen-bond acceptors (Lipinski definition) is 2. The second kappa shape index (κ2) is 5.17. The summed E-state index contributed by atoms with van der Waals surface area (Å²) in [6, 6.07) is 4.52. The third-order valence-electron chi connectivity index (χ3n) is 3.74. The van der Waals surface area contributed by atoms with Gasteiger partial charge in [0.1, 0.15) is 17.0 Å². The molecule has 1 aliphatic carbocycles. The van der Waals surface area contributed by atoms with Gasteiger partial charge in [-0.05, 0) is 37.3 Å². The minimum atomic E-state index is -0.515. The summed E-state index contributed by atoms with van der Waals surface area (Å²) < 4.78 is 15.5. The normalized spacial score (nSPS) is 16.6. The van der Waals surface area contributed by atoms with Crippen molar-refractivity contribution in [2.75, 3.05) is 0 Å². The van der Waals surface area contributed by atoms with Gasteiger partial charge in [0, 0.05) is 6.54 Å². The van der Waals surface area contributed by atoms with Crippen molar-refractivity contribution in [2.24, 2.45) is 5.92 Å². The second-order valence-electron chi connectivity index (χ2n) is 5.34. The molecular formula is C15H16ClFN2O. The van der Waals surface area contributed by atoms with Gasteiger partial charge in [-0.1, -0.05) is 13.0 Å². The van der Waals surface area contributed by atoms with Crippen LogP contribution >= 0.6 is 11.6 Å². The van der Waals surface area contributed by atoms with E-state index in [1.165, 1.54) is 6.07 Å². The van der Waals surface area contributed by atoms with Gasteiger partial charge >= 0.3 is 0 Å². The SMILES string of the molecule is CC[C@@H](Cl)c1nc2cccc(F)c2c(=O)n1CC1CC1. The van der Waals surface area contributed by atoms with Crippen molar-refractivity contribution in [3.63, 3.8) is 0 Å². The molecule has 1 aromatic heterocycles. The van der Waals surface area contributed by atoms with Crippen molar-refractivity contribution >= 4 is 22.5 Å². The smallest absolute Gasteiger partial charge is 0.264 e.